The summed E-state index contributed by atoms with van der Waals surface area (Å²) >= 11 is 4.40. The maximum Gasteiger partial charge on any atom is 0.318 e. The molecule has 1 aromatic rings. The number of carbonyl (C=O) groups excluding carboxylic acids is 1. The van der Waals surface area contributed by atoms with Gasteiger partial charge in [-0.15, -0.1) is 10.2 Å². The summed E-state index contributed by atoms with van der Waals surface area (Å²) in [6.45, 7) is 1.79. The van der Waals surface area contributed by atoms with Crippen LogP contribution in [0.3, 0.4) is 0 Å². The van der Waals surface area contributed by atoms with Gasteiger partial charge in [-0.3, -0.25) is 4.79 Å². The topological polar surface area (TPSA) is 52.1 Å². The molecule has 0 aliphatic rings. The van der Waals surface area contributed by atoms with Gasteiger partial charge >= 0.3 is 5.97 Å². The number of esters is 1. The van der Waals surface area contributed by atoms with Crippen LogP contribution in [-0.2, 0) is 9.53 Å². The number of carbonyl (C=O) groups is 1. The molecule has 0 bridgehead atoms. The first-order valence-corrected chi connectivity index (χ1v) is 6.71. The van der Waals surface area contributed by atoms with E-state index in [0.717, 1.165) is 8.68 Å². The summed E-state index contributed by atoms with van der Waals surface area (Å²) in [6.07, 6.45) is 1.94. The molecule has 0 aliphatic carbocycles. The van der Waals surface area contributed by atoms with Crippen molar-refractivity contribution in [1.82, 2.24) is 10.2 Å². The molecular weight excluding hydrogens is 240 g/mol. The molecule has 0 amide bonds. The highest BCUT2D eigenvalue weighted by molar-refractivity contribution is 8.03. The van der Waals surface area contributed by atoms with Crippen molar-refractivity contribution in [1.29, 1.82) is 0 Å². The van der Waals surface area contributed by atoms with E-state index in [2.05, 4.69) is 14.9 Å². The molecule has 1 atom stereocenters. The third-order valence-corrected chi connectivity index (χ3v) is 4.43. The zero-order chi connectivity index (χ0) is 10.6. The van der Waals surface area contributed by atoms with Crippen molar-refractivity contribution >= 4 is 40.8 Å². The Morgan fingerprint density at radius 2 is 2.14 bits per heavy atom. The summed E-state index contributed by atoms with van der Waals surface area (Å²) in [5, 5.41) is 7.64. The Bertz CT molecular complexity index is 316. The minimum absolute atomic E-state index is 0.234. The van der Waals surface area contributed by atoms with E-state index in [0.29, 0.717) is 0 Å². The van der Waals surface area contributed by atoms with E-state index in [1.807, 2.05) is 6.26 Å². The van der Waals surface area contributed by atoms with Gasteiger partial charge in [0, 0.05) is 0 Å². The number of aromatic nitrogens is 2. The molecule has 0 fully saturated rings. The standard InChI is InChI=1S/C7H10N2O2S3/c1-4(5(10)11-2)13-7-9-8-6(12-3)14-7/h4H,1-3H3. The molecule has 1 unspecified atom stereocenters. The third kappa shape index (κ3) is 3.14. The van der Waals surface area contributed by atoms with Crippen LogP contribution in [0.15, 0.2) is 8.68 Å². The molecule has 7 heteroatoms. The third-order valence-electron chi connectivity index (χ3n) is 1.37. The van der Waals surface area contributed by atoms with Crippen LogP contribution in [0.5, 0.6) is 0 Å². The fourth-order valence-electron chi connectivity index (χ4n) is 0.693. The fourth-order valence-corrected chi connectivity index (χ4v) is 3.30. The molecule has 1 heterocycles. The first kappa shape index (κ1) is 11.8. The minimum Gasteiger partial charge on any atom is -0.468 e. The predicted molar refractivity (Wildman–Crippen MR) is 59.0 cm³/mol. The van der Waals surface area contributed by atoms with Gasteiger partial charge in [-0.2, -0.15) is 0 Å². The van der Waals surface area contributed by atoms with Crippen molar-refractivity contribution in [3.05, 3.63) is 0 Å². The number of rotatable bonds is 4. The first-order valence-electron chi connectivity index (χ1n) is 3.79. The maximum atomic E-state index is 11.1. The van der Waals surface area contributed by atoms with E-state index < -0.39 is 0 Å². The van der Waals surface area contributed by atoms with Gasteiger partial charge in [-0.25, -0.2) is 0 Å². The molecule has 0 aromatic carbocycles. The summed E-state index contributed by atoms with van der Waals surface area (Å²) in [5.74, 6) is -0.240. The van der Waals surface area contributed by atoms with Crippen LogP contribution in [0.25, 0.3) is 0 Å². The number of methoxy groups -OCH3 is 1. The van der Waals surface area contributed by atoms with Crippen molar-refractivity contribution in [2.45, 2.75) is 20.9 Å². The number of ether oxygens (including phenoxy) is 1. The average Bonchev–Trinajstić information content (AvgIpc) is 2.64. The van der Waals surface area contributed by atoms with Crippen molar-refractivity contribution in [3.63, 3.8) is 0 Å². The van der Waals surface area contributed by atoms with Crippen molar-refractivity contribution in [3.8, 4) is 0 Å². The molecule has 0 N–H and O–H groups in total. The van der Waals surface area contributed by atoms with Gasteiger partial charge < -0.3 is 4.74 Å². The summed E-state index contributed by atoms with van der Waals surface area (Å²) < 4.78 is 6.31. The van der Waals surface area contributed by atoms with Crippen LogP contribution < -0.4 is 0 Å². The Morgan fingerprint density at radius 1 is 1.50 bits per heavy atom. The van der Waals surface area contributed by atoms with Crippen LogP contribution in [0.1, 0.15) is 6.92 Å². The Kier molecular flexibility index (Phi) is 4.70. The van der Waals surface area contributed by atoms with Gasteiger partial charge in [-0.1, -0.05) is 34.9 Å². The molecule has 1 aromatic heterocycles. The molecule has 78 valence electrons. The van der Waals surface area contributed by atoms with Gasteiger partial charge in [0.05, 0.1) is 7.11 Å². The highest BCUT2D eigenvalue weighted by Crippen LogP contribution is 2.30. The molecule has 0 saturated carbocycles. The summed E-state index contributed by atoms with van der Waals surface area (Å²) in [5.41, 5.74) is 0. The molecule has 0 aliphatic heterocycles. The summed E-state index contributed by atoms with van der Waals surface area (Å²) in [7, 11) is 1.38. The summed E-state index contributed by atoms with van der Waals surface area (Å²) in [6, 6.07) is 0. The first-order chi connectivity index (χ1) is 6.67. The fraction of sp³-hybridized carbons (Fsp3) is 0.571. The molecule has 1 rings (SSSR count). The smallest absolute Gasteiger partial charge is 0.318 e. The second-order valence-corrected chi connectivity index (χ2v) is 5.94. The van der Waals surface area contributed by atoms with E-state index in [9.17, 15) is 4.79 Å². The number of hydrogen-bond donors (Lipinski definition) is 0. The van der Waals surface area contributed by atoms with Crippen LogP contribution in [0.4, 0.5) is 0 Å². The van der Waals surface area contributed by atoms with E-state index in [1.165, 1.54) is 30.2 Å². The molecule has 4 nitrogen and oxygen atoms in total. The molecule has 0 radical (unpaired) electrons. The lowest BCUT2D eigenvalue weighted by atomic mass is 10.5. The van der Waals surface area contributed by atoms with E-state index in [1.54, 1.807) is 18.7 Å². The molecular formula is C7H10N2O2S3. The Balaban J connectivity index is 2.55. The number of thioether (sulfide) groups is 2. The maximum absolute atomic E-state index is 11.1. The average molecular weight is 250 g/mol. The van der Waals surface area contributed by atoms with E-state index in [-0.39, 0.29) is 11.2 Å². The van der Waals surface area contributed by atoms with E-state index in [4.69, 9.17) is 0 Å². The largest absolute Gasteiger partial charge is 0.468 e. The zero-order valence-corrected chi connectivity index (χ0v) is 10.5. The monoisotopic (exact) mass is 250 g/mol. The van der Waals surface area contributed by atoms with Crippen LogP contribution in [0, 0.1) is 0 Å². The van der Waals surface area contributed by atoms with Crippen molar-refractivity contribution < 1.29 is 9.53 Å². The molecule has 0 saturated heterocycles. The minimum atomic E-state index is -0.240. The van der Waals surface area contributed by atoms with Gasteiger partial charge in [0.25, 0.3) is 0 Å². The van der Waals surface area contributed by atoms with Gasteiger partial charge in [0.2, 0.25) is 0 Å². The zero-order valence-electron chi connectivity index (χ0n) is 8.01. The van der Waals surface area contributed by atoms with Gasteiger partial charge in [0.15, 0.2) is 8.68 Å². The van der Waals surface area contributed by atoms with Gasteiger partial charge in [0.1, 0.15) is 5.25 Å². The Morgan fingerprint density at radius 3 is 2.64 bits per heavy atom. The Labute approximate surface area is 94.8 Å². The lowest BCUT2D eigenvalue weighted by molar-refractivity contribution is -0.139. The number of hydrogen-bond acceptors (Lipinski definition) is 7. The van der Waals surface area contributed by atoms with Crippen LogP contribution in [-0.4, -0.2) is 34.8 Å². The highest BCUT2D eigenvalue weighted by atomic mass is 32.2. The quantitative estimate of drug-likeness (QED) is 0.601. The van der Waals surface area contributed by atoms with E-state index >= 15 is 0 Å². The molecule has 0 spiro atoms. The number of nitrogens with zero attached hydrogens (tertiary/aromatic N) is 2. The van der Waals surface area contributed by atoms with Crippen LogP contribution >= 0.6 is 34.9 Å². The highest BCUT2D eigenvalue weighted by Gasteiger charge is 2.17. The predicted octanol–water partition coefficient (Wildman–Crippen LogP) is 1.91. The normalized spacial score (nSPS) is 12.5. The molecule has 14 heavy (non-hydrogen) atoms. The van der Waals surface area contributed by atoms with Crippen LogP contribution in [0.2, 0.25) is 0 Å². The van der Waals surface area contributed by atoms with Crippen molar-refractivity contribution in [2.24, 2.45) is 0 Å². The summed E-state index contributed by atoms with van der Waals surface area (Å²) in [4.78, 5) is 11.1. The lowest BCUT2D eigenvalue weighted by Gasteiger charge is -2.04. The van der Waals surface area contributed by atoms with Crippen molar-refractivity contribution in [2.75, 3.05) is 13.4 Å². The Hall–Kier alpha value is -0.270. The SMILES string of the molecule is COC(=O)C(C)Sc1nnc(SC)s1. The second-order valence-electron chi connectivity index (χ2n) is 2.32. The van der Waals surface area contributed by atoms with Gasteiger partial charge in [-0.05, 0) is 13.2 Å². The second kappa shape index (κ2) is 5.57. The lowest BCUT2D eigenvalue weighted by Crippen LogP contribution is -2.14.